The van der Waals surface area contributed by atoms with Crippen LogP contribution in [-0.4, -0.2) is 23.8 Å². The van der Waals surface area contributed by atoms with E-state index in [1.165, 1.54) is 37.1 Å². The molecule has 0 radical (unpaired) electrons. The predicted octanol–water partition coefficient (Wildman–Crippen LogP) is 3.09. The van der Waals surface area contributed by atoms with Crippen LogP contribution in [0.15, 0.2) is 35.3 Å². The maximum atomic E-state index is 4.74. The fraction of sp³-hybridized carbons (Fsp3) is 0.533. The lowest BCUT2D eigenvalue weighted by molar-refractivity contribution is 0.425. The number of aliphatic imine (C=N–C) groups is 1. The van der Waals surface area contributed by atoms with Gasteiger partial charge in [0.2, 0.25) is 0 Å². The van der Waals surface area contributed by atoms with Gasteiger partial charge in [0, 0.05) is 19.0 Å². The van der Waals surface area contributed by atoms with Gasteiger partial charge in [0.25, 0.3) is 0 Å². The molecule has 0 aromatic heterocycles. The summed E-state index contributed by atoms with van der Waals surface area (Å²) in [7, 11) is 0. The fourth-order valence-electron chi connectivity index (χ4n) is 3.03. The van der Waals surface area contributed by atoms with Gasteiger partial charge in [-0.15, -0.1) is 0 Å². The minimum atomic E-state index is 0.751. The van der Waals surface area contributed by atoms with E-state index in [9.17, 15) is 0 Å². The van der Waals surface area contributed by atoms with Gasteiger partial charge in [-0.1, -0.05) is 43.2 Å². The number of rotatable bonds is 3. The fourth-order valence-corrected chi connectivity index (χ4v) is 3.03. The predicted molar refractivity (Wildman–Crippen MR) is 71.1 cm³/mol. The van der Waals surface area contributed by atoms with Crippen molar-refractivity contribution in [2.75, 3.05) is 13.1 Å². The highest BCUT2D eigenvalue weighted by molar-refractivity contribution is 5.86. The molecular weight excluding hydrogens is 208 g/mol. The summed E-state index contributed by atoms with van der Waals surface area (Å²) in [4.78, 5) is 7.23. The van der Waals surface area contributed by atoms with Crippen LogP contribution in [0.4, 0.5) is 0 Å². The molecule has 1 fully saturated rings. The largest absolute Gasteiger partial charge is 0.354 e. The molecule has 1 aromatic rings. The molecule has 0 bridgehead atoms. The van der Waals surface area contributed by atoms with Crippen LogP contribution in [0, 0.1) is 5.92 Å². The molecular formula is C15H20N2. The molecule has 1 saturated carbocycles. The smallest absolute Gasteiger partial charge is 0.102 e. The van der Waals surface area contributed by atoms with E-state index in [4.69, 9.17) is 4.99 Å². The number of hydrogen-bond donors (Lipinski definition) is 0. The Bertz CT molecular complexity index is 391. The average molecular weight is 228 g/mol. The van der Waals surface area contributed by atoms with E-state index < -0.39 is 0 Å². The van der Waals surface area contributed by atoms with Crippen molar-refractivity contribution in [1.82, 2.24) is 4.90 Å². The van der Waals surface area contributed by atoms with Gasteiger partial charge in [0.15, 0.2) is 0 Å². The lowest BCUT2D eigenvalue weighted by atomic mass is 10.1. The first-order chi connectivity index (χ1) is 8.43. The van der Waals surface area contributed by atoms with Gasteiger partial charge in [0.05, 0.1) is 6.54 Å². The molecule has 0 atom stereocenters. The van der Waals surface area contributed by atoms with Gasteiger partial charge in [-0.3, -0.25) is 4.99 Å². The van der Waals surface area contributed by atoms with Gasteiger partial charge in [-0.25, -0.2) is 0 Å². The zero-order chi connectivity index (χ0) is 11.5. The van der Waals surface area contributed by atoms with Crippen molar-refractivity contribution in [3.63, 3.8) is 0 Å². The summed E-state index contributed by atoms with van der Waals surface area (Å²) in [5.74, 6) is 2.15. The van der Waals surface area contributed by atoms with Crippen molar-refractivity contribution in [2.45, 2.75) is 32.2 Å². The van der Waals surface area contributed by atoms with Crippen molar-refractivity contribution < 1.29 is 0 Å². The standard InChI is InChI=1S/C15H20N2/c1-2-6-13(7-3-1)12-17-11-10-16-15(17)14-8-4-5-9-14/h1-3,6-7,14H,4-5,8-12H2. The maximum absolute atomic E-state index is 4.74. The second kappa shape index (κ2) is 4.91. The number of nitrogens with zero attached hydrogens (tertiary/aromatic N) is 2. The first-order valence-electron chi connectivity index (χ1n) is 6.77. The van der Waals surface area contributed by atoms with Crippen molar-refractivity contribution in [3.8, 4) is 0 Å². The van der Waals surface area contributed by atoms with E-state index in [-0.39, 0.29) is 0 Å². The van der Waals surface area contributed by atoms with Crippen LogP contribution in [0.25, 0.3) is 0 Å². The molecule has 2 heteroatoms. The summed E-state index contributed by atoms with van der Waals surface area (Å²) in [5, 5.41) is 0. The third-order valence-corrected chi connectivity index (χ3v) is 3.90. The van der Waals surface area contributed by atoms with Gasteiger partial charge in [-0.05, 0) is 18.4 Å². The first-order valence-corrected chi connectivity index (χ1v) is 6.77. The summed E-state index contributed by atoms with van der Waals surface area (Å²) in [6, 6.07) is 10.8. The first kappa shape index (κ1) is 10.8. The van der Waals surface area contributed by atoms with Crippen LogP contribution >= 0.6 is 0 Å². The molecule has 0 unspecified atom stereocenters. The van der Waals surface area contributed by atoms with E-state index in [0.29, 0.717) is 0 Å². The van der Waals surface area contributed by atoms with Crippen LogP contribution in [0.1, 0.15) is 31.2 Å². The number of amidine groups is 1. The Morgan fingerprint density at radius 1 is 1.12 bits per heavy atom. The van der Waals surface area contributed by atoms with Gasteiger partial charge < -0.3 is 4.90 Å². The highest BCUT2D eigenvalue weighted by Gasteiger charge is 2.27. The van der Waals surface area contributed by atoms with Crippen molar-refractivity contribution >= 4 is 5.84 Å². The van der Waals surface area contributed by atoms with Crippen LogP contribution in [0.5, 0.6) is 0 Å². The SMILES string of the molecule is c1ccc(CN2CCN=C2C2CCCC2)cc1. The zero-order valence-corrected chi connectivity index (χ0v) is 10.3. The van der Waals surface area contributed by atoms with E-state index in [0.717, 1.165) is 25.6 Å². The second-order valence-electron chi connectivity index (χ2n) is 5.13. The minimum absolute atomic E-state index is 0.751. The molecule has 2 aliphatic rings. The van der Waals surface area contributed by atoms with E-state index in [1.54, 1.807) is 0 Å². The van der Waals surface area contributed by atoms with Crippen LogP contribution < -0.4 is 0 Å². The third kappa shape index (κ3) is 2.36. The molecule has 1 aromatic carbocycles. The molecule has 1 aliphatic carbocycles. The summed E-state index contributed by atoms with van der Waals surface area (Å²) in [6.45, 7) is 3.15. The van der Waals surface area contributed by atoms with Crippen molar-refractivity contribution in [3.05, 3.63) is 35.9 Å². The number of benzene rings is 1. The summed E-state index contributed by atoms with van der Waals surface area (Å²) < 4.78 is 0. The molecule has 2 nitrogen and oxygen atoms in total. The van der Waals surface area contributed by atoms with Gasteiger partial charge in [-0.2, -0.15) is 0 Å². The summed E-state index contributed by atoms with van der Waals surface area (Å²) in [6.07, 6.45) is 5.49. The molecule has 0 amide bonds. The van der Waals surface area contributed by atoms with E-state index in [1.807, 2.05) is 0 Å². The summed E-state index contributed by atoms with van der Waals surface area (Å²) in [5.41, 5.74) is 1.40. The number of hydrogen-bond acceptors (Lipinski definition) is 2. The topological polar surface area (TPSA) is 15.6 Å². The quantitative estimate of drug-likeness (QED) is 0.776. The molecule has 1 heterocycles. The Labute approximate surface area is 103 Å². The highest BCUT2D eigenvalue weighted by atomic mass is 15.2. The molecule has 1 aliphatic heterocycles. The Kier molecular flexibility index (Phi) is 3.12. The molecule has 0 N–H and O–H groups in total. The van der Waals surface area contributed by atoms with Crippen LogP contribution in [0.3, 0.4) is 0 Å². The van der Waals surface area contributed by atoms with Crippen molar-refractivity contribution in [2.24, 2.45) is 10.9 Å². The third-order valence-electron chi connectivity index (χ3n) is 3.90. The highest BCUT2D eigenvalue weighted by Crippen LogP contribution is 2.29. The van der Waals surface area contributed by atoms with Crippen molar-refractivity contribution in [1.29, 1.82) is 0 Å². The average Bonchev–Trinajstić information content (AvgIpc) is 3.00. The Hall–Kier alpha value is -1.31. The monoisotopic (exact) mass is 228 g/mol. The Morgan fingerprint density at radius 3 is 2.65 bits per heavy atom. The van der Waals surface area contributed by atoms with Crippen LogP contribution in [0.2, 0.25) is 0 Å². The lowest BCUT2D eigenvalue weighted by Gasteiger charge is -2.24. The Balaban J connectivity index is 1.69. The maximum Gasteiger partial charge on any atom is 0.102 e. The molecule has 90 valence electrons. The molecule has 3 rings (SSSR count). The van der Waals surface area contributed by atoms with Gasteiger partial charge >= 0.3 is 0 Å². The second-order valence-corrected chi connectivity index (χ2v) is 5.13. The molecule has 0 saturated heterocycles. The lowest BCUT2D eigenvalue weighted by Crippen LogP contribution is -2.31. The Morgan fingerprint density at radius 2 is 1.88 bits per heavy atom. The minimum Gasteiger partial charge on any atom is -0.354 e. The summed E-state index contributed by atoms with van der Waals surface area (Å²) >= 11 is 0. The zero-order valence-electron chi connectivity index (χ0n) is 10.3. The van der Waals surface area contributed by atoms with Gasteiger partial charge in [0.1, 0.15) is 5.84 Å². The van der Waals surface area contributed by atoms with Crippen LogP contribution in [-0.2, 0) is 6.54 Å². The van der Waals surface area contributed by atoms with E-state index >= 15 is 0 Å². The molecule has 17 heavy (non-hydrogen) atoms. The normalized spacial score (nSPS) is 20.9. The molecule has 0 spiro atoms. The van der Waals surface area contributed by atoms with E-state index in [2.05, 4.69) is 35.2 Å².